The van der Waals surface area contributed by atoms with Gasteiger partial charge in [0.25, 0.3) is 0 Å². The molecule has 2 aromatic rings. The summed E-state index contributed by atoms with van der Waals surface area (Å²) in [6, 6.07) is 17.9. The van der Waals surface area contributed by atoms with Gasteiger partial charge in [0, 0.05) is 5.56 Å². The number of rotatable bonds is 2. The van der Waals surface area contributed by atoms with Gasteiger partial charge in [0.2, 0.25) is 5.96 Å². The Hall–Kier alpha value is -2.62. The maximum Gasteiger partial charge on any atom is 0.214 e. The highest BCUT2D eigenvalue weighted by molar-refractivity contribution is 6.04. The Labute approximate surface area is 118 Å². The molecule has 0 atom stereocenters. The van der Waals surface area contributed by atoms with Crippen molar-refractivity contribution in [3.8, 4) is 0 Å². The van der Waals surface area contributed by atoms with Gasteiger partial charge in [-0.05, 0) is 30.5 Å². The van der Waals surface area contributed by atoms with Crippen LogP contribution < -0.4 is 11.2 Å². The number of hydrogen-bond acceptors (Lipinski definition) is 2. The number of nitrogens with one attached hydrogen (secondary N) is 1. The van der Waals surface area contributed by atoms with E-state index in [4.69, 9.17) is 5.73 Å². The molecule has 0 unspecified atom stereocenters. The SMILES string of the molecule is NC(=Nc1ccccc1)N/N=C1/CCc2ccccc21. The smallest absolute Gasteiger partial charge is 0.214 e. The minimum absolute atomic E-state index is 0.299. The average molecular weight is 264 g/mol. The van der Waals surface area contributed by atoms with Gasteiger partial charge in [-0.2, -0.15) is 5.10 Å². The predicted octanol–water partition coefficient (Wildman–Crippen LogP) is 2.57. The number of guanidine groups is 1. The van der Waals surface area contributed by atoms with Crippen LogP contribution in [0.3, 0.4) is 0 Å². The van der Waals surface area contributed by atoms with E-state index < -0.39 is 0 Å². The average Bonchev–Trinajstić information content (AvgIpc) is 2.89. The molecule has 2 aromatic carbocycles. The standard InChI is InChI=1S/C16H16N4/c17-16(18-13-7-2-1-3-8-13)20-19-15-11-10-12-6-4-5-9-14(12)15/h1-9H,10-11H2,(H3,17,18,20)/b19-15-. The van der Waals surface area contributed by atoms with E-state index in [1.54, 1.807) is 0 Å². The zero-order valence-corrected chi connectivity index (χ0v) is 11.1. The van der Waals surface area contributed by atoms with E-state index in [0.717, 1.165) is 24.2 Å². The highest BCUT2D eigenvalue weighted by Gasteiger charge is 2.16. The molecule has 3 N–H and O–H groups in total. The first-order valence-electron chi connectivity index (χ1n) is 6.63. The number of aryl methyl sites for hydroxylation is 1. The van der Waals surface area contributed by atoms with Gasteiger partial charge in [-0.25, -0.2) is 10.4 Å². The van der Waals surface area contributed by atoms with Crippen LogP contribution in [-0.2, 0) is 6.42 Å². The van der Waals surface area contributed by atoms with E-state index in [9.17, 15) is 0 Å². The third kappa shape index (κ3) is 2.69. The van der Waals surface area contributed by atoms with Crippen molar-refractivity contribution in [2.24, 2.45) is 15.8 Å². The fraction of sp³-hybridized carbons (Fsp3) is 0.125. The Kier molecular flexibility index (Phi) is 3.46. The van der Waals surface area contributed by atoms with E-state index in [1.165, 1.54) is 11.1 Å². The number of para-hydroxylation sites is 1. The van der Waals surface area contributed by atoms with Gasteiger partial charge in [-0.15, -0.1) is 0 Å². The molecule has 0 spiro atoms. The summed E-state index contributed by atoms with van der Waals surface area (Å²) in [5.74, 6) is 0.299. The Bertz CT molecular complexity index is 659. The maximum atomic E-state index is 5.84. The number of nitrogens with zero attached hydrogens (tertiary/aromatic N) is 2. The number of hydrazone groups is 1. The first kappa shape index (κ1) is 12.4. The van der Waals surface area contributed by atoms with Gasteiger partial charge < -0.3 is 5.73 Å². The van der Waals surface area contributed by atoms with E-state index in [-0.39, 0.29) is 0 Å². The van der Waals surface area contributed by atoms with E-state index in [0.29, 0.717) is 5.96 Å². The van der Waals surface area contributed by atoms with Crippen molar-refractivity contribution in [2.45, 2.75) is 12.8 Å². The van der Waals surface area contributed by atoms with Crippen LogP contribution in [0.4, 0.5) is 5.69 Å². The van der Waals surface area contributed by atoms with Crippen molar-refractivity contribution in [3.05, 3.63) is 65.7 Å². The summed E-state index contributed by atoms with van der Waals surface area (Å²) >= 11 is 0. The van der Waals surface area contributed by atoms with Crippen LogP contribution in [0.25, 0.3) is 0 Å². The van der Waals surface area contributed by atoms with Gasteiger partial charge >= 0.3 is 0 Å². The molecule has 4 nitrogen and oxygen atoms in total. The zero-order valence-electron chi connectivity index (χ0n) is 11.1. The number of hydrogen-bond donors (Lipinski definition) is 2. The van der Waals surface area contributed by atoms with Crippen LogP contribution in [0.1, 0.15) is 17.5 Å². The molecule has 0 saturated carbocycles. The Balaban J connectivity index is 1.74. The molecule has 1 aliphatic carbocycles. The van der Waals surface area contributed by atoms with Crippen LogP contribution in [-0.4, -0.2) is 11.7 Å². The van der Waals surface area contributed by atoms with Crippen LogP contribution in [0.5, 0.6) is 0 Å². The lowest BCUT2D eigenvalue weighted by Crippen LogP contribution is -2.27. The second-order valence-corrected chi connectivity index (χ2v) is 4.66. The fourth-order valence-corrected chi connectivity index (χ4v) is 2.32. The Morgan fingerprint density at radius 2 is 1.70 bits per heavy atom. The number of aliphatic imine (C=N–C) groups is 1. The maximum absolute atomic E-state index is 5.84. The molecule has 0 amide bonds. The van der Waals surface area contributed by atoms with Crippen LogP contribution in [0.15, 0.2) is 64.7 Å². The van der Waals surface area contributed by atoms with Crippen LogP contribution in [0, 0.1) is 0 Å². The topological polar surface area (TPSA) is 62.8 Å². The Morgan fingerprint density at radius 3 is 2.55 bits per heavy atom. The molecule has 4 heteroatoms. The highest BCUT2D eigenvalue weighted by Crippen LogP contribution is 2.21. The highest BCUT2D eigenvalue weighted by atomic mass is 15.4. The Morgan fingerprint density at radius 1 is 0.950 bits per heavy atom. The van der Waals surface area contributed by atoms with Gasteiger partial charge in [0.15, 0.2) is 0 Å². The zero-order chi connectivity index (χ0) is 13.8. The van der Waals surface area contributed by atoms with Crippen molar-refractivity contribution in [1.29, 1.82) is 0 Å². The summed E-state index contributed by atoms with van der Waals surface area (Å²) in [5.41, 5.74) is 13.0. The molecule has 0 radical (unpaired) electrons. The summed E-state index contributed by atoms with van der Waals surface area (Å²) in [6.45, 7) is 0. The van der Waals surface area contributed by atoms with Gasteiger partial charge in [0.1, 0.15) is 0 Å². The van der Waals surface area contributed by atoms with E-state index >= 15 is 0 Å². The van der Waals surface area contributed by atoms with E-state index in [2.05, 4.69) is 33.7 Å². The van der Waals surface area contributed by atoms with Crippen molar-refractivity contribution in [1.82, 2.24) is 5.43 Å². The molecule has 20 heavy (non-hydrogen) atoms. The van der Waals surface area contributed by atoms with Crippen molar-refractivity contribution in [2.75, 3.05) is 0 Å². The summed E-state index contributed by atoms with van der Waals surface area (Å²) in [4.78, 5) is 4.25. The largest absolute Gasteiger partial charge is 0.368 e. The molecule has 0 saturated heterocycles. The van der Waals surface area contributed by atoms with Gasteiger partial charge in [-0.1, -0.05) is 42.5 Å². The first-order valence-corrected chi connectivity index (χ1v) is 6.63. The number of nitrogens with two attached hydrogens (primary N) is 1. The third-order valence-electron chi connectivity index (χ3n) is 3.27. The third-order valence-corrected chi connectivity index (χ3v) is 3.27. The number of benzene rings is 2. The lowest BCUT2D eigenvalue weighted by Gasteiger charge is -2.02. The van der Waals surface area contributed by atoms with Crippen molar-refractivity contribution in [3.63, 3.8) is 0 Å². The summed E-state index contributed by atoms with van der Waals surface area (Å²) in [6.07, 6.45) is 1.97. The molecule has 100 valence electrons. The lowest BCUT2D eigenvalue weighted by atomic mass is 10.1. The van der Waals surface area contributed by atoms with Crippen LogP contribution >= 0.6 is 0 Å². The molecule has 0 bridgehead atoms. The molecular weight excluding hydrogens is 248 g/mol. The van der Waals surface area contributed by atoms with Gasteiger partial charge in [-0.3, -0.25) is 0 Å². The monoisotopic (exact) mass is 264 g/mol. The quantitative estimate of drug-likeness (QED) is 0.497. The minimum atomic E-state index is 0.299. The second-order valence-electron chi connectivity index (χ2n) is 4.66. The molecule has 0 aromatic heterocycles. The first-order chi connectivity index (χ1) is 9.83. The summed E-state index contributed by atoms with van der Waals surface area (Å²) < 4.78 is 0. The molecule has 0 aliphatic heterocycles. The van der Waals surface area contributed by atoms with Crippen molar-refractivity contribution >= 4 is 17.4 Å². The predicted molar refractivity (Wildman–Crippen MR) is 82.2 cm³/mol. The number of fused-ring (bicyclic) bond motifs is 1. The molecule has 3 rings (SSSR count). The normalized spacial score (nSPS) is 16.2. The van der Waals surface area contributed by atoms with E-state index in [1.807, 2.05) is 36.4 Å². The second kappa shape index (κ2) is 5.57. The minimum Gasteiger partial charge on any atom is -0.368 e. The van der Waals surface area contributed by atoms with Crippen LogP contribution in [0.2, 0.25) is 0 Å². The fourth-order valence-electron chi connectivity index (χ4n) is 2.32. The van der Waals surface area contributed by atoms with Gasteiger partial charge in [0.05, 0.1) is 11.4 Å². The summed E-state index contributed by atoms with van der Waals surface area (Å²) in [5, 5.41) is 4.37. The summed E-state index contributed by atoms with van der Waals surface area (Å²) in [7, 11) is 0. The molecule has 0 fully saturated rings. The van der Waals surface area contributed by atoms with Crippen molar-refractivity contribution < 1.29 is 0 Å². The molecule has 0 heterocycles. The molecule has 1 aliphatic rings. The molecular formula is C16H16N4. The lowest BCUT2D eigenvalue weighted by molar-refractivity contribution is 0.986.